The topological polar surface area (TPSA) is 61.8 Å². The fraction of sp³-hybridized carbons (Fsp3) is 0.500. The Bertz CT molecular complexity index is 398. The SMILES string of the molecule is COCCN(CCO)CCC(=O)Nc1ccc(Br)cc1. The van der Waals surface area contributed by atoms with Crippen LogP contribution in [0.4, 0.5) is 5.69 Å². The standard InChI is InChI=1S/C14H21BrN2O3/c1-20-11-9-17(8-10-18)7-6-14(19)16-13-4-2-12(15)3-5-13/h2-5,18H,6-11H2,1H3,(H,16,19). The molecule has 0 saturated carbocycles. The molecule has 1 rings (SSSR count). The maximum atomic E-state index is 11.8. The second kappa shape index (κ2) is 9.88. The second-order valence-corrected chi connectivity index (χ2v) is 5.28. The van der Waals surface area contributed by atoms with E-state index >= 15 is 0 Å². The molecule has 0 saturated heterocycles. The smallest absolute Gasteiger partial charge is 0.225 e. The van der Waals surface area contributed by atoms with Crippen molar-refractivity contribution in [3.05, 3.63) is 28.7 Å². The van der Waals surface area contributed by atoms with Crippen molar-refractivity contribution >= 4 is 27.5 Å². The molecule has 1 aromatic carbocycles. The lowest BCUT2D eigenvalue weighted by molar-refractivity contribution is -0.116. The zero-order valence-corrected chi connectivity index (χ0v) is 13.2. The third kappa shape index (κ3) is 7.00. The first-order valence-corrected chi connectivity index (χ1v) is 7.32. The molecule has 0 aromatic heterocycles. The van der Waals surface area contributed by atoms with Gasteiger partial charge in [0.15, 0.2) is 0 Å². The lowest BCUT2D eigenvalue weighted by Crippen LogP contribution is -2.33. The molecular formula is C14H21BrN2O3. The summed E-state index contributed by atoms with van der Waals surface area (Å²) >= 11 is 3.35. The number of benzene rings is 1. The highest BCUT2D eigenvalue weighted by atomic mass is 79.9. The summed E-state index contributed by atoms with van der Waals surface area (Å²) in [5.74, 6) is -0.0346. The molecule has 2 N–H and O–H groups in total. The van der Waals surface area contributed by atoms with Crippen LogP contribution < -0.4 is 5.32 Å². The molecule has 20 heavy (non-hydrogen) atoms. The highest BCUT2D eigenvalue weighted by molar-refractivity contribution is 9.10. The number of halogens is 1. The minimum absolute atomic E-state index is 0.0346. The second-order valence-electron chi connectivity index (χ2n) is 4.36. The molecule has 0 spiro atoms. The van der Waals surface area contributed by atoms with Crippen molar-refractivity contribution in [1.29, 1.82) is 0 Å². The summed E-state index contributed by atoms with van der Waals surface area (Å²) in [6.07, 6.45) is 0.389. The monoisotopic (exact) mass is 344 g/mol. The third-order valence-corrected chi connectivity index (χ3v) is 3.34. The van der Waals surface area contributed by atoms with Crippen LogP contribution in [-0.4, -0.2) is 55.9 Å². The number of nitrogens with one attached hydrogen (secondary N) is 1. The first kappa shape index (κ1) is 17.1. The van der Waals surface area contributed by atoms with E-state index in [2.05, 4.69) is 21.2 Å². The number of anilines is 1. The van der Waals surface area contributed by atoms with Gasteiger partial charge in [-0.1, -0.05) is 15.9 Å². The number of amides is 1. The summed E-state index contributed by atoms with van der Waals surface area (Å²) in [4.78, 5) is 13.8. The molecule has 0 heterocycles. The van der Waals surface area contributed by atoms with Crippen LogP contribution in [0, 0.1) is 0 Å². The highest BCUT2D eigenvalue weighted by Crippen LogP contribution is 2.14. The van der Waals surface area contributed by atoms with Crippen molar-refractivity contribution in [1.82, 2.24) is 4.90 Å². The first-order chi connectivity index (χ1) is 9.65. The van der Waals surface area contributed by atoms with E-state index in [1.165, 1.54) is 0 Å². The Morgan fingerprint density at radius 3 is 2.60 bits per heavy atom. The van der Waals surface area contributed by atoms with Gasteiger partial charge in [-0.3, -0.25) is 9.69 Å². The van der Waals surface area contributed by atoms with Crippen LogP contribution in [0.3, 0.4) is 0 Å². The average Bonchev–Trinajstić information content (AvgIpc) is 2.44. The number of aliphatic hydroxyl groups excluding tert-OH is 1. The summed E-state index contributed by atoms with van der Waals surface area (Å²) in [5, 5.41) is 11.8. The van der Waals surface area contributed by atoms with Gasteiger partial charge in [-0.15, -0.1) is 0 Å². The highest BCUT2D eigenvalue weighted by Gasteiger charge is 2.08. The van der Waals surface area contributed by atoms with Crippen molar-refractivity contribution in [2.45, 2.75) is 6.42 Å². The van der Waals surface area contributed by atoms with Crippen molar-refractivity contribution in [3.8, 4) is 0 Å². The number of nitrogens with zero attached hydrogens (tertiary/aromatic N) is 1. The van der Waals surface area contributed by atoms with E-state index in [0.717, 1.165) is 10.2 Å². The Kier molecular flexibility index (Phi) is 8.45. The van der Waals surface area contributed by atoms with Crippen LogP contribution in [0.15, 0.2) is 28.7 Å². The predicted molar refractivity (Wildman–Crippen MR) is 82.8 cm³/mol. The van der Waals surface area contributed by atoms with Gasteiger partial charge in [-0.05, 0) is 24.3 Å². The summed E-state index contributed by atoms with van der Waals surface area (Å²) in [6, 6.07) is 7.45. The van der Waals surface area contributed by atoms with Gasteiger partial charge in [0, 0.05) is 43.3 Å². The van der Waals surface area contributed by atoms with Gasteiger partial charge in [0.05, 0.1) is 13.2 Å². The summed E-state index contributed by atoms with van der Waals surface area (Å²) < 4.78 is 5.98. The maximum Gasteiger partial charge on any atom is 0.225 e. The van der Waals surface area contributed by atoms with Crippen molar-refractivity contribution in [3.63, 3.8) is 0 Å². The first-order valence-electron chi connectivity index (χ1n) is 6.53. The van der Waals surface area contributed by atoms with E-state index in [9.17, 15) is 4.79 Å². The number of hydrogen-bond acceptors (Lipinski definition) is 4. The lowest BCUT2D eigenvalue weighted by atomic mass is 10.3. The number of methoxy groups -OCH3 is 1. The van der Waals surface area contributed by atoms with E-state index in [-0.39, 0.29) is 12.5 Å². The summed E-state index contributed by atoms with van der Waals surface area (Å²) in [7, 11) is 1.64. The molecule has 0 aliphatic heterocycles. The number of carbonyl (C=O) groups excluding carboxylic acids is 1. The van der Waals surface area contributed by atoms with Crippen molar-refractivity contribution in [2.24, 2.45) is 0 Å². The summed E-state index contributed by atoms with van der Waals surface area (Å²) in [5.41, 5.74) is 0.781. The van der Waals surface area contributed by atoms with Gasteiger partial charge in [-0.25, -0.2) is 0 Å². The van der Waals surface area contributed by atoms with Gasteiger partial charge < -0.3 is 15.2 Å². The fourth-order valence-corrected chi connectivity index (χ4v) is 1.98. The van der Waals surface area contributed by atoms with E-state index in [1.807, 2.05) is 29.2 Å². The number of hydrogen-bond donors (Lipinski definition) is 2. The number of carbonyl (C=O) groups is 1. The quantitative estimate of drug-likeness (QED) is 0.716. The van der Waals surface area contributed by atoms with Crippen LogP contribution in [0.5, 0.6) is 0 Å². The van der Waals surface area contributed by atoms with Crippen LogP contribution >= 0.6 is 15.9 Å². The Balaban J connectivity index is 2.34. The van der Waals surface area contributed by atoms with Crippen molar-refractivity contribution in [2.75, 3.05) is 45.3 Å². The molecule has 0 atom stereocenters. The Hall–Kier alpha value is -0.950. The fourth-order valence-electron chi connectivity index (χ4n) is 1.71. The normalized spacial score (nSPS) is 10.8. The molecule has 0 aliphatic rings. The maximum absolute atomic E-state index is 11.8. The van der Waals surface area contributed by atoms with Crippen LogP contribution in [0.2, 0.25) is 0 Å². The van der Waals surface area contributed by atoms with Crippen LogP contribution in [-0.2, 0) is 9.53 Å². The number of rotatable bonds is 9. The number of aliphatic hydroxyl groups is 1. The molecule has 6 heteroatoms. The molecule has 5 nitrogen and oxygen atoms in total. The van der Waals surface area contributed by atoms with E-state index in [4.69, 9.17) is 9.84 Å². The van der Waals surface area contributed by atoms with E-state index < -0.39 is 0 Å². The van der Waals surface area contributed by atoms with E-state index in [0.29, 0.717) is 32.7 Å². The molecular weight excluding hydrogens is 324 g/mol. The van der Waals surface area contributed by atoms with Crippen LogP contribution in [0.25, 0.3) is 0 Å². The molecule has 112 valence electrons. The minimum atomic E-state index is -0.0346. The van der Waals surface area contributed by atoms with Gasteiger partial charge in [0.1, 0.15) is 0 Å². The van der Waals surface area contributed by atoms with Crippen molar-refractivity contribution < 1.29 is 14.6 Å². The van der Waals surface area contributed by atoms with Gasteiger partial charge in [0.25, 0.3) is 0 Å². The molecule has 0 bridgehead atoms. The molecule has 1 amide bonds. The number of ether oxygens (including phenoxy) is 1. The minimum Gasteiger partial charge on any atom is -0.395 e. The van der Waals surface area contributed by atoms with Gasteiger partial charge in [-0.2, -0.15) is 0 Å². The van der Waals surface area contributed by atoms with Gasteiger partial charge >= 0.3 is 0 Å². The molecule has 0 radical (unpaired) electrons. The zero-order chi connectivity index (χ0) is 14.8. The molecule has 0 aliphatic carbocycles. The Labute approximate surface area is 128 Å². The molecule has 1 aromatic rings. The predicted octanol–water partition coefficient (Wildman–Crippen LogP) is 1.72. The average molecular weight is 345 g/mol. The zero-order valence-electron chi connectivity index (χ0n) is 11.6. The Morgan fingerprint density at radius 2 is 2.00 bits per heavy atom. The third-order valence-electron chi connectivity index (χ3n) is 2.81. The van der Waals surface area contributed by atoms with Gasteiger partial charge in [0.2, 0.25) is 5.91 Å². The largest absolute Gasteiger partial charge is 0.395 e. The summed E-state index contributed by atoms with van der Waals surface area (Å²) in [6.45, 7) is 2.54. The van der Waals surface area contributed by atoms with Crippen LogP contribution in [0.1, 0.15) is 6.42 Å². The Morgan fingerprint density at radius 1 is 1.30 bits per heavy atom. The van der Waals surface area contributed by atoms with E-state index in [1.54, 1.807) is 7.11 Å². The lowest BCUT2D eigenvalue weighted by Gasteiger charge is -2.20. The molecule has 0 unspecified atom stereocenters. The molecule has 0 fully saturated rings.